The number of esters is 1. The summed E-state index contributed by atoms with van der Waals surface area (Å²) >= 11 is 0. The summed E-state index contributed by atoms with van der Waals surface area (Å²) in [6.07, 6.45) is 3.46. The Morgan fingerprint density at radius 3 is 2.04 bits per heavy atom. The molecule has 1 saturated carbocycles. The van der Waals surface area contributed by atoms with Crippen molar-refractivity contribution in [2.45, 2.75) is 11.8 Å². The smallest absolute Gasteiger partial charge is 0.309 e. The van der Waals surface area contributed by atoms with Gasteiger partial charge in [0.2, 0.25) is 0 Å². The molecule has 3 atom stereocenters. The normalized spacial score (nSPS) is 21.6. The predicted octanol–water partition coefficient (Wildman–Crippen LogP) is 3.81. The number of aromatic nitrogens is 2. The maximum Gasteiger partial charge on any atom is 0.309 e. The molecular formula is C21H18N2O2. The van der Waals surface area contributed by atoms with Crippen LogP contribution in [0.4, 0.5) is 0 Å². The first-order chi connectivity index (χ1) is 12.3. The molecule has 1 heterocycles. The van der Waals surface area contributed by atoms with Gasteiger partial charge in [-0.25, -0.2) is 9.97 Å². The van der Waals surface area contributed by atoms with Crippen LogP contribution < -0.4 is 0 Å². The molecule has 124 valence electrons. The van der Waals surface area contributed by atoms with Crippen molar-refractivity contribution in [3.05, 3.63) is 84.2 Å². The van der Waals surface area contributed by atoms with E-state index in [0.717, 1.165) is 11.1 Å². The minimum Gasteiger partial charge on any atom is -0.469 e. The highest BCUT2D eigenvalue weighted by Crippen LogP contribution is 2.60. The molecule has 4 nitrogen and oxygen atoms in total. The fraction of sp³-hybridized carbons (Fsp3) is 0.190. The molecule has 0 spiro atoms. The Bertz CT molecular complexity index is 863. The van der Waals surface area contributed by atoms with Crippen molar-refractivity contribution in [1.29, 1.82) is 0 Å². The molecule has 25 heavy (non-hydrogen) atoms. The van der Waals surface area contributed by atoms with Gasteiger partial charge in [0.25, 0.3) is 0 Å². The van der Waals surface area contributed by atoms with Crippen molar-refractivity contribution in [3.8, 4) is 11.4 Å². The Morgan fingerprint density at radius 2 is 1.44 bits per heavy atom. The third-order valence-electron chi connectivity index (χ3n) is 4.80. The molecule has 4 heteroatoms. The van der Waals surface area contributed by atoms with Gasteiger partial charge in [0.1, 0.15) is 0 Å². The standard InChI is InChI=1S/C21H18N2O2/c1-25-21(24)19-17(14-6-3-2-4-7-14)18(19)15-8-10-16(11-9-15)20-22-12-5-13-23-20/h2-13,17-19H,1H3. The van der Waals surface area contributed by atoms with Gasteiger partial charge in [0.05, 0.1) is 13.0 Å². The molecule has 1 aliphatic carbocycles. The summed E-state index contributed by atoms with van der Waals surface area (Å²) in [6.45, 7) is 0. The van der Waals surface area contributed by atoms with Gasteiger partial charge in [-0.3, -0.25) is 4.79 Å². The van der Waals surface area contributed by atoms with Crippen LogP contribution in [0, 0.1) is 5.92 Å². The van der Waals surface area contributed by atoms with E-state index in [4.69, 9.17) is 4.74 Å². The Morgan fingerprint density at radius 1 is 0.840 bits per heavy atom. The van der Waals surface area contributed by atoms with Gasteiger partial charge in [-0.15, -0.1) is 0 Å². The summed E-state index contributed by atoms with van der Waals surface area (Å²) in [7, 11) is 1.45. The predicted molar refractivity (Wildman–Crippen MR) is 94.9 cm³/mol. The molecule has 0 saturated heterocycles. The zero-order valence-corrected chi connectivity index (χ0v) is 13.9. The first-order valence-corrected chi connectivity index (χ1v) is 8.29. The zero-order chi connectivity index (χ0) is 17.2. The van der Waals surface area contributed by atoms with E-state index in [2.05, 4.69) is 34.2 Å². The lowest BCUT2D eigenvalue weighted by Crippen LogP contribution is -2.05. The lowest BCUT2D eigenvalue weighted by molar-refractivity contribution is -0.142. The van der Waals surface area contributed by atoms with Crippen molar-refractivity contribution in [1.82, 2.24) is 9.97 Å². The van der Waals surface area contributed by atoms with Crippen molar-refractivity contribution < 1.29 is 9.53 Å². The van der Waals surface area contributed by atoms with Crippen LogP contribution in [-0.2, 0) is 9.53 Å². The third kappa shape index (κ3) is 2.91. The fourth-order valence-corrected chi connectivity index (χ4v) is 3.55. The van der Waals surface area contributed by atoms with Gasteiger partial charge in [-0.05, 0) is 17.2 Å². The lowest BCUT2D eigenvalue weighted by Gasteiger charge is -2.03. The summed E-state index contributed by atoms with van der Waals surface area (Å²) in [5.41, 5.74) is 3.29. The van der Waals surface area contributed by atoms with E-state index in [0.29, 0.717) is 5.82 Å². The topological polar surface area (TPSA) is 52.1 Å². The summed E-state index contributed by atoms with van der Waals surface area (Å²) in [4.78, 5) is 20.7. The molecular weight excluding hydrogens is 312 g/mol. The highest BCUT2D eigenvalue weighted by Gasteiger charge is 2.56. The maximum absolute atomic E-state index is 12.2. The molecule has 0 aliphatic heterocycles. The Hall–Kier alpha value is -3.01. The summed E-state index contributed by atoms with van der Waals surface area (Å²) in [5.74, 6) is 0.766. The Balaban J connectivity index is 1.63. The van der Waals surface area contributed by atoms with Gasteiger partial charge < -0.3 is 4.74 Å². The quantitative estimate of drug-likeness (QED) is 0.683. The van der Waals surface area contributed by atoms with E-state index in [1.54, 1.807) is 18.5 Å². The van der Waals surface area contributed by atoms with Crippen molar-refractivity contribution in [3.63, 3.8) is 0 Å². The van der Waals surface area contributed by atoms with Gasteiger partial charge >= 0.3 is 5.97 Å². The number of hydrogen-bond donors (Lipinski definition) is 0. The SMILES string of the molecule is COC(=O)C1C(c2ccccc2)C1c1ccc(-c2ncccn2)cc1. The van der Waals surface area contributed by atoms with E-state index in [-0.39, 0.29) is 23.7 Å². The highest BCUT2D eigenvalue weighted by atomic mass is 16.5. The Labute approximate surface area is 146 Å². The van der Waals surface area contributed by atoms with Gasteiger partial charge in [0.15, 0.2) is 5.82 Å². The number of methoxy groups -OCH3 is 1. The molecule has 0 amide bonds. The monoisotopic (exact) mass is 330 g/mol. The van der Waals surface area contributed by atoms with Gasteiger partial charge in [0, 0.05) is 29.8 Å². The summed E-state index contributed by atoms with van der Waals surface area (Å²) < 4.78 is 5.01. The molecule has 0 N–H and O–H groups in total. The van der Waals surface area contributed by atoms with Gasteiger partial charge in [-0.1, -0.05) is 54.6 Å². The fourth-order valence-electron chi connectivity index (χ4n) is 3.55. The lowest BCUT2D eigenvalue weighted by atomic mass is 10.0. The van der Waals surface area contributed by atoms with Crippen LogP contribution in [0.3, 0.4) is 0 Å². The molecule has 1 aliphatic rings. The van der Waals surface area contributed by atoms with Crippen LogP contribution in [-0.4, -0.2) is 23.0 Å². The van der Waals surface area contributed by atoms with E-state index in [1.807, 2.05) is 30.3 Å². The molecule has 3 unspecified atom stereocenters. The molecule has 0 radical (unpaired) electrons. The molecule has 1 aromatic heterocycles. The van der Waals surface area contributed by atoms with Crippen molar-refractivity contribution >= 4 is 5.97 Å². The number of nitrogens with zero attached hydrogens (tertiary/aromatic N) is 2. The number of carbonyl (C=O) groups excluding carboxylic acids is 1. The average molecular weight is 330 g/mol. The number of ether oxygens (including phenoxy) is 1. The minimum atomic E-state index is -0.144. The zero-order valence-electron chi connectivity index (χ0n) is 13.9. The third-order valence-corrected chi connectivity index (χ3v) is 4.80. The summed E-state index contributed by atoms with van der Waals surface area (Å²) in [5, 5.41) is 0. The Kier molecular flexibility index (Phi) is 4.02. The minimum absolute atomic E-state index is 0.119. The number of rotatable bonds is 4. The second-order valence-electron chi connectivity index (χ2n) is 6.21. The first kappa shape index (κ1) is 15.5. The molecule has 1 fully saturated rings. The van der Waals surface area contributed by atoms with E-state index >= 15 is 0 Å². The molecule has 2 aromatic carbocycles. The van der Waals surface area contributed by atoms with Crippen LogP contribution in [0.25, 0.3) is 11.4 Å². The second-order valence-corrected chi connectivity index (χ2v) is 6.21. The van der Waals surface area contributed by atoms with E-state index in [9.17, 15) is 4.79 Å². The average Bonchev–Trinajstić information content (AvgIpc) is 3.44. The largest absolute Gasteiger partial charge is 0.469 e. The molecule has 3 aromatic rings. The maximum atomic E-state index is 12.2. The van der Waals surface area contributed by atoms with E-state index < -0.39 is 0 Å². The highest BCUT2D eigenvalue weighted by molar-refractivity contribution is 5.80. The van der Waals surface area contributed by atoms with E-state index in [1.165, 1.54) is 12.7 Å². The van der Waals surface area contributed by atoms with Crippen molar-refractivity contribution in [2.75, 3.05) is 7.11 Å². The van der Waals surface area contributed by atoms with Crippen LogP contribution >= 0.6 is 0 Å². The number of hydrogen-bond acceptors (Lipinski definition) is 4. The molecule has 0 bridgehead atoms. The summed E-state index contributed by atoms with van der Waals surface area (Å²) in [6, 6.07) is 20.1. The van der Waals surface area contributed by atoms with Crippen LogP contribution in [0.5, 0.6) is 0 Å². The second kappa shape index (κ2) is 6.48. The van der Waals surface area contributed by atoms with Crippen LogP contribution in [0.2, 0.25) is 0 Å². The van der Waals surface area contributed by atoms with Crippen LogP contribution in [0.15, 0.2) is 73.1 Å². The first-order valence-electron chi connectivity index (χ1n) is 8.29. The van der Waals surface area contributed by atoms with Gasteiger partial charge in [-0.2, -0.15) is 0 Å². The number of carbonyl (C=O) groups is 1. The van der Waals surface area contributed by atoms with Crippen LogP contribution in [0.1, 0.15) is 23.0 Å². The molecule has 4 rings (SSSR count). The number of benzene rings is 2. The van der Waals surface area contributed by atoms with Crippen molar-refractivity contribution in [2.24, 2.45) is 5.92 Å².